The normalized spacial score (nSPS) is 26.3. The lowest BCUT2D eigenvalue weighted by Crippen LogP contribution is -2.64. The highest BCUT2D eigenvalue weighted by atomic mass is 19.2. The fourth-order valence-corrected chi connectivity index (χ4v) is 3.21. The van der Waals surface area contributed by atoms with E-state index in [4.69, 9.17) is 0 Å². The van der Waals surface area contributed by atoms with E-state index in [9.17, 15) is 32.7 Å². The number of benzene rings is 1. The van der Waals surface area contributed by atoms with Gasteiger partial charge < -0.3 is 20.6 Å². The second-order valence-corrected chi connectivity index (χ2v) is 6.39. The van der Waals surface area contributed by atoms with E-state index in [2.05, 4.69) is 10.6 Å². The van der Waals surface area contributed by atoms with Crippen LogP contribution in [0, 0.1) is 17.5 Å². The van der Waals surface area contributed by atoms with Crippen LogP contribution in [0.2, 0.25) is 0 Å². The van der Waals surface area contributed by atoms with Gasteiger partial charge in [-0.15, -0.1) is 0 Å². The summed E-state index contributed by atoms with van der Waals surface area (Å²) in [5, 5.41) is 14.4. The summed E-state index contributed by atoms with van der Waals surface area (Å²) < 4.78 is 39.9. The van der Waals surface area contributed by atoms with Crippen LogP contribution in [0.4, 0.5) is 13.2 Å². The Bertz CT molecular complexity index is 786. The first-order valence-corrected chi connectivity index (χ1v) is 7.93. The lowest BCUT2D eigenvalue weighted by atomic mass is 10.0. The Morgan fingerprint density at radius 3 is 2.58 bits per heavy atom. The summed E-state index contributed by atoms with van der Waals surface area (Å²) >= 11 is 0. The number of halogens is 3. The molecule has 2 aliphatic heterocycles. The van der Waals surface area contributed by atoms with Crippen LogP contribution in [-0.2, 0) is 9.59 Å². The third kappa shape index (κ3) is 3.12. The molecule has 2 aliphatic rings. The van der Waals surface area contributed by atoms with E-state index in [1.165, 1.54) is 11.8 Å². The number of fused-ring (bicyclic) bond motifs is 1. The molecule has 3 rings (SSSR count). The molecule has 0 bridgehead atoms. The smallest absolute Gasteiger partial charge is 0.254 e. The number of aliphatic hydroxyl groups excluding tert-OH is 1. The van der Waals surface area contributed by atoms with Crippen molar-refractivity contribution in [3.05, 3.63) is 35.1 Å². The van der Waals surface area contributed by atoms with Crippen molar-refractivity contribution in [2.45, 2.75) is 37.6 Å². The molecule has 0 radical (unpaired) electrons. The van der Waals surface area contributed by atoms with Gasteiger partial charge in [0.2, 0.25) is 11.8 Å². The topological polar surface area (TPSA) is 98.7 Å². The van der Waals surface area contributed by atoms with Gasteiger partial charge in [0, 0.05) is 18.7 Å². The van der Waals surface area contributed by atoms with Crippen LogP contribution in [0.25, 0.3) is 0 Å². The van der Waals surface area contributed by atoms with E-state index in [1.807, 2.05) is 0 Å². The second-order valence-electron chi connectivity index (χ2n) is 6.39. The molecule has 0 saturated carbocycles. The van der Waals surface area contributed by atoms with Gasteiger partial charge in [-0.25, -0.2) is 13.2 Å². The molecule has 140 valence electrons. The van der Waals surface area contributed by atoms with Crippen molar-refractivity contribution in [2.24, 2.45) is 0 Å². The van der Waals surface area contributed by atoms with Crippen molar-refractivity contribution in [2.75, 3.05) is 6.54 Å². The standard InChI is InChI=1S/C16H16F3N3O4/c1-6(23)13-16(26)22-5-7(2-12(22)15(25)21-13)20-14(24)8-3-10(18)11(19)4-9(8)17/h3-4,6-7,12-13,23H,2,5H2,1H3,(H,20,24)(H,21,25)/t6-,7-,12-,13+/m0/s1. The molecule has 26 heavy (non-hydrogen) atoms. The van der Waals surface area contributed by atoms with E-state index in [1.54, 1.807) is 0 Å². The largest absolute Gasteiger partial charge is 0.391 e. The average molecular weight is 371 g/mol. The quantitative estimate of drug-likeness (QED) is 0.635. The van der Waals surface area contributed by atoms with Crippen LogP contribution in [0.15, 0.2) is 12.1 Å². The van der Waals surface area contributed by atoms with Crippen molar-refractivity contribution in [3.8, 4) is 0 Å². The highest BCUT2D eigenvalue weighted by Gasteiger charge is 2.48. The zero-order chi connectivity index (χ0) is 19.2. The summed E-state index contributed by atoms with van der Waals surface area (Å²) in [6, 6.07) is -1.85. The fourth-order valence-electron chi connectivity index (χ4n) is 3.21. The van der Waals surface area contributed by atoms with Gasteiger partial charge in [-0.1, -0.05) is 0 Å². The summed E-state index contributed by atoms with van der Waals surface area (Å²) in [5.41, 5.74) is -0.675. The summed E-state index contributed by atoms with van der Waals surface area (Å²) in [6.07, 6.45) is -1.00. The first-order chi connectivity index (χ1) is 12.2. The zero-order valence-electron chi connectivity index (χ0n) is 13.6. The van der Waals surface area contributed by atoms with Gasteiger partial charge in [-0.05, 0) is 19.4 Å². The van der Waals surface area contributed by atoms with E-state index < -0.39 is 65.0 Å². The third-order valence-electron chi connectivity index (χ3n) is 4.52. The van der Waals surface area contributed by atoms with Gasteiger partial charge >= 0.3 is 0 Å². The van der Waals surface area contributed by atoms with Crippen molar-refractivity contribution in [1.29, 1.82) is 0 Å². The van der Waals surface area contributed by atoms with Crippen molar-refractivity contribution in [3.63, 3.8) is 0 Å². The van der Waals surface area contributed by atoms with Gasteiger partial charge in [0.15, 0.2) is 11.6 Å². The van der Waals surface area contributed by atoms with Gasteiger partial charge in [0.05, 0.1) is 11.7 Å². The summed E-state index contributed by atoms with van der Waals surface area (Å²) in [5.74, 6) is -5.93. The SMILES string of the molecule is C[C@H](O)[C@H]1NC(=O)[C@@H]2C[C@H](NC(=O)c3cc(F)c(F)cc3F)CN2C1=O. The highest BCUT2D eigenvalue weighted by molar-refractivity contribution is 5.98. The number of amides is 3. The summed E-state index contributed by atoms with van der Waals surface area (Å²) in [4.78, 5) is 37.8. The Kier molecular flexibility index (Phi) is 4.61. The van der Waals surface area contributed by atoms with Crippen molar-refractivity contribution in [1.82, 2.24) is 15.5 Å². The number of nitrogens with zero attached hydrogens (tertiary/aromatic N) is 1. The van der Waals surface area contributed by atoms with E-state index in [0.717, 1.165) is 0 Å². The molecule has 0 spiro atoms. The lowest BCUT2D eigenvalue weighted by molar-refractivity contribution is -0.149. The molecule has 2 saturated heterocycles. The Morgan fingerprint density at radius 1 is 1.27 bits per heavy atom. The number of nitrogens with one attached hydrogen (secondary N) is 2. The van der Waals surface area contributed by atoms with E-state index in [0.29, 0.717) is 6.07 Å². The molecule has 0 aromatic heterocycles. The monoisotopic (exact) mass is 371 g/mol. The average Bonchev–Trinajstić information content (AvgIpc) is 2.98. The number of piperazine rings is 1. The Hall–Kier alpha value is -2.62. The molecule has 1 aromatic rings. The molecule has 0 aliphatic carbocycles. The molecule has 2 heterocycles. The maximum atomic E-state index is 13.7. The minimum atomic E-state index is -1.41. The Labute approximate surface area is 146 Å². The van der Waals surface area contributed by atoms with Crippen molar-refractivity contribution < 1.29 is 32.7 Å². The number of carbonyl (C=O) groups is 3. The summed E-state index contributed by atoms with van der Waals surface area (Å²) in [7, 11) is 0. The first kappa shape index (κ1) is 18.2. The molecular formula is C16H16F3N3O4. The zero-order valence-corrected chi connectivity index (χ0v) is 13.6. The molecular weight excluding hydrogens is 355 g/mol. The maximum Gasteiger partial charge on any atom is 0.254 e. The van der Waals surface area contributed by atoms with E-state index >= 15 is 0 Å². The minimum absolute atomic E-state index is 0.0167. The number of hydrogen-bond donors (Lipinski definition) is 3. The van der Waals surface area contributed by atoms with Gasteiger partial charge in [0.1, 0.15) is 17.9 Å². The predicted octanol–water partition coefficient (Wildman–Crippen LogP) is -0.318. The van der Waals surface area contributed by atoms with Crippen LogP contribution >= 0.6 is 0 Å². The van der Waals surface area contributed by atoms with Crippen LogP contribution in [0.3, 0.4) is 0 Å². The molecule has 1 aromatic carbocycles. The number of rotatable bonds is 3. The van der Waals surface area contributed by atoms with Crippen LogP contribution in [-0.4, -0.2) is 58.5 Å². The third-order valence-corrected chi connectivity index (χ3v) is 4.52. The Balaban J connectivity index is 1.73. The minimum Gasteiger partial charge on any atom is -0.391 e. The van der Waals surface area contributed by atoms with Gasteiger partial charge in [-0.2, -0.15) is 0 Å². The Morgan fingerprint density at radius 2 is 1.92 bits per heavy atom. The molecule has 10 heteroatoms. The second kappa shape index (κ2) is 6.60. The van der Waals surface area contributed by atoms with Crippen LogP contribution in [0.1, 0.15) is 23.7 Å². The molecule has 7 nitrogen and oxygen atoms in total. The fraction of sp³-hybridized carbons (Fsp3) is 0.438. The number of carbonyl (C=O) groups excluding carboxylic acids is 3. The molecule has 3 N–H and O–H groups in total. The van der Waals surface area contributed by atoms with Crippen LogP contribution in [0.5, 0.6) is 0 Å². The van der Waals surface area contributed by atoms with Crippen molar-refractivity contribution >= 4 is 17.7 Å². The molecule has 2 fully saturated rings. The maximum absolute atomic E-state index is 13.7. The molecule has 3 amide bonds. The number of hydrogen-bond acceptors (Lipinski definition) is 4. The first-order valence-electron chi connectivity index (χ1n) is 7.93. The number of aliphatic hydroxyl groups is 1. The van der Waals surface area contributed by atoms with Gasteiger partial charge in [0.25, 0.3) is 5.91 Å². The predicted molar refractivity (Wildman–Crippen MR) is 81.3 cm³/mol. The highest BCUT2D eigenvalue weighted by Crippen LogP contribution is 2.24. The lowest BCUT2D eigenvalue weighted by Gasteiger charge is -2.35. The molecule has 0 unspecified atom stereocenters. The molecule has 4 atom stereocenters. The van der Waals surface area contributed by atoms with Gasteiger partial charge in [-0.3, -0.25) is 14.4 Å². The van der Waals surface area contributed by atoms with E-state index in [-0.39, 0.29) is 19.0 Å². The van der Waals surface area contributed by atoms with Crippen LogP contribution < -0.4 is 10.6 Å². The summed E-state index contributed by atoms with van der Waals surface area (Å²) in [6.45, 7) is 1.35.